The number of aromatic carboxylic acids is 1. The van der Waals surface area contributed by atoms with Gasteiger partial charge in [-0.2, -0.15) is 0 Å². The third-order valence-corrected chi connectivity index (χ3v) is 2.63. The molecule has 0 radical (unpaired) electrons. The average molecular weight is 249 g/mol. The number of hydrogen-bond donors (Lipinski definition) is 1. The number of halogens is 1. The second kappa shape index (κ2) is 4.93. The zero-order valence-corrected chi connectivity index (χ0v) is 9.55. The molecule has 1 aromatic carbocycles. The number of rotatable bonds is 3. The molecule has 17 heavy (non-hydrogen) atoms. The normalized spacial score (nSPS) is 10.2. The van der Waals surface area contributed by atoms with E-state index in [4.69, 9.17) is 16.7 Å². The Morgan fingerprint density at radius 2 is 1.88 bits per heavy atom. The Morgan fingerprint density at radius 1 is 1.24 bits per heavy atom. The summed E-state index contributed by atoms with van der Waals surface area (Å²) in [6.45, 7) is 0. The van der Waals surface area contributed by atoms with Crippen LogP contribution in [0, 0.1) is 0 Å². The minimum absolute atomic E-state index is 0.0768. The van der Waals surface area contributed by atoms with Crippen molar-refractivity contribution in [1.29, 1.82) is 0 Å². The summed E-state index contributed by atoms with van der Waals surface area (Å²) in [6.07, 6.45) is 3.07. The Kier molecular flexibility index (Phi) is 3.35. The summed E-state index contributed by atoms with van der Waals surface area (Å²) in [5.41, 5.74) is 0.991. The molecule has 0 fully saturated rings. The van der Waals surface area contributed by atoms with Gasteiger partial charge in [0.1, 0.15) is 5.82 Å². The van der Waals surface area contributed by atoms with Crippen LogP contribution in [0.25, 0.3) is 0 Å². The van der Waals surface area contributed by atoms with Crippen LogP contribution in [0.4, 0.5) is 0 Å². The zero-order valence-electron chi connectivity index (χ0n) is 8.80. The van der Waals surface area contributed by atoms with E-state index in [-0.39, 0.29) is 5.56 Å². The van der Waals surface area contributed by atoms with Crippen molar-refractivity contribution < 1.29 is 9.90 Å². The highest BCUT2D eigenvalue weighted by molar-refractivity contribution is 6.31. The van der Waals surface area contributed by atoms with Gasteiger partial charge < -0.3 is 5.11 Å². The first-order valence-corrected chi connectivity index (χ1v) is 5.32. The van der Waals surface area contributed by atoms with Crippen molar-refractivity contribution in [1.82, 2.24) is 9.97 Å². The predicted molar refractivity (Wildman–Crippen MR) is 63.2 cm³/mol. The van der Waals surface area contributed by atoms with E-state index in [9.17, 15) is 4.79 Å². The molecule has 2 rings (SSSR count). The molecule has 0 saturated heterocycles. The van der Waals surface area contributed by atoms with Crippen molar-refractivity contribution in [3.05, 3.63) is 58.6 Å². The van der Waals surface area contributed by atoms with Crippen LogP contribution in [0.15, 0.2) is 36.7 Å². The molecule has 1 N–H and O–H groups in total. The average Bonchev–Trinajstić information content (AvgIpc) is 2.33. The lowest BCUT2D eigenvalue weighted by Gasteiger charge is -2.02. The van der Waals surface area contributed by atoms with Crippen LogP contribution in [-0.2, 0) is 6.42 Å². The first-order chi connectivity index (χ1) is 8.16. The fourth-order valence-electron chi connectivity index (χ4n) is 1.37. The third kappa shape index (κ3) is 2.79. The van der Waals surface area contributed by atoms with E-state index >= 15 is 0 Å². The number of carboxylic acid groups (broad SMARTS) is 1. The summed E-state index contributed by atoms with van der Waals surface area (Å²) in [5, 5.41) is 9.36. The van der Waals surface area contributed by atoms with E-state index in [1.807, 2.05) is 18.2 Å². The molecule has 0 unspecified atom stereocenters. The van der Waals surface area contributed by atoms with Gasteiger partial charge in [0.05, 0.1) is 5.56 Å². The topological polar surface area (TPSA) is 63.1 Å². The quantitative estimate of drug-likeness (QED) is 0.906. The first kappa shape index (κ1) is 11.5. The van der Waals surface area contributed by atoms with Gasteiger partial charge in [0, 0.05) is 23.8 Å². The second-order valence-corrected chi connectivity index (χ2v) is 3.87. The van der Waals surface area contributed by atoms with Gasteiger partial charge >= 0.3 is 5.97 Å². The summed E-state index contributed by atoms with van der Waals surface area (Å²) < 4.78 is 0. The van der Waals surface area contributed by atoms with Crippen molar-refractivity contribution >= 4 is 17.6 Å². The zero-order chi connectivity index (χ0) is 12.3. The summed E-state index contributed by atoms with van der Waals surface area (Å²) >= 11 is 6.01. The fraction of sp³-hybridized carbons (Fsp3) is 0.0833. The monoisotopic (exact) mass is 248 g/mol. The lowest BCUT2D eigenvalue weighted by molar-refractivity contribution is 0.0696. The Morgan fingerprint density at radius 3 is 2.47 bits per heavy atom. The van der Waals surface area contributed by atoms with Crippen molar-refractivity contribution in [3.63, 3.8) is 0 Å². The highest BCUT2D eigenvalue weighted by Crippen LogP contribution is 2.17. The smallest absolute Gasteiger partial charge is 0.338 e. The van der Waals surface area contributed by atoms with Crippen LogP contribution in [0.1, 0.15) is 21.7 Å². The van der Waals surface area contributed by atoms with Crippen LogP contribution in [-0.4, -0.2) is 21.0 Å². The molecule has 0 atom stereocenters. The van der Waals surface area contributed by atoms with Crippen molar-refractivity contribution in [2.45, 2.75) is 6.42 Å². The maximum atomic E-state index is 10.6. The molecule has 0 aliphatic carbocycles. The number of hydrogen-bond acceptors (Lipinski definition) is 3. The molecule has 0 aliphatic heterocycles. The molecule has 2 aromatic rings. The summed E-state index contributed by atoms with van der Waals surface area (Å²) in [7, 11) is 0. The standard InChI is InChI=1S/C12H9ClN2O2/c13-10-4-2-1-3-8(10)5-11-14-6-9(7-15-11)12(16)17/h1-4,6-7H,5H2,(H,16,17). The molecule has 5 heteroatoms. The van der Waals surface area contributed by atoms with E-state index in [1.54, 1.807) is 6.07 Å². The third-order valence-electron chi connectivity index (χ3n) is 2.26. The largest absolute Gasteiger partial charge is 0.478 e. The summed E-state index contributed by atoms with van der Waals surface area (Å²) in [5.74, 6) is -0.489. The molecular weight excluding hydrogens is 240 g/mol. The molecule has 1 aromatic heterocycles. The van der Waals surface area contributed by atoms with E-state index in [2.05, 4.69) is 9.97 Å². The molecule has 0 spiro atoms. The van der Waals surface area contributed by atoms with Gasteiger partial charge in [-0.1, -0.05) is 29.8 Å². The fourth-order valence-corrected chi connectivity index (χ4v) is 1.57. The van der Waals surface area contributed by atoms with Gasteiger partial charge in [-0.15, -0.1) is 0 Å². The SMILES string of the molecule is O=C(O)c1cnc(Cc2ccccc2Cl)nc1. The molecule has 86 valence electrons. The molecule has 1 heterocycles. The molecule has 4 nitrogen and oxygen atoms in total. The molecule has 0 bridgehead atoms. The maximum Gasteiger partial charge on any atom is 0.338 e. The van der Waals surface area contributed by atoms with Gasteiger partial charge in [0.15, 0.2) is 0 Å². The lowest BCUT2D eigenvalue weighted by atomic mass is 10.1. The van der Waals surface area contributed by atoms with Crippen molar-refractivity contribution in [3.8, 4) is 0 Å². The van der Waals surface area contributed by atoms with Gasteiger partial charge in [-0.05, 0) is 11.6 Å². The van der Waals surface area contributed by atoms with Gasteiger partial charge in [0.2, 0.25) is 0 Å². The van der Waals surface area contributed by atoms with Crippen LogP contribution >= 0.6 is 11.6 Å². The van der Waals surface area contributed by atoms with Gasteiger partial charge in [-0.25, -0.2) is 14.8 Å². The molecule has 0 aliphatic rings. The highest BCUT2D eigenvalue weighted by atomic mass is 35.5. The Bertz CT molecular complexity index is 540. The van der Waals surface area contributed by atoms with Crippen LogP contribution in [0.2, 0.25) is 5.02 Å². The predicted octanol–water partition coefficient (Wildman–Crippen LogP) is 2.42. The van der Waals surface area contributed by atoms with E-state index in [0.717, 1.165) is 5.56 Å². The van der Waals surface area contributed by atoms with Crippen molar-refractivity contribution in [2.24, 2.45) is 0 Å². The Labute approximate surface area is 103 Å². The van der Waals surface area contributed by atoms with Crippen LogP contribution in [0.3, 0.4) is 0 Å². The van der Waals surface area contributed by atoms with E-state index < -0.39 is 5.97 Å². The van der Waals surface area contributed by atoms with Gasteiger partial charge in [-0.3, -0.25) is 0 Å². The lowest BCUT2D eigenvalue weighted by Crippen LogP contribution is -2.02. The minimum Gasteiger partial charge on any atom is -0.478 e. The number of carboxylic acids is 1. The molecule has 0 amide bonds. The number of nitrogens with zero attached hydrogens (tertiary/aromatic N) is 2. The Balaban J connectivity index is 2.20. The van der Waals surface area contributed by atoms with Crippen LogP contribution < -0.4 is 0 Å². The highest BCUT2D eigenvalue weighted by Gasteiger charge is 2.06. The summed E-state index contributed by atoms with van der Waals surface area (Å²) in [4.78, 5) is 18.6. The molecule has 0 saturated carbocycles. The van der Waals surface area contributed by atoms with E-state index in [1.165, 1.54) is 12.4 Å². The molecular formula is C12H9ClN2O2. The second-order valence-electron chi connectivity index (χ2n) is 3.46. The Hall–Kier alpha value is -1.94. The van der Waals surface area contributed by atoms with Crippen LogP contribution in [0.5, 0.6) is 0 Å². The number of benzene rings is 1. The first-order valence-electron chi connectivity index (χ1n) is 4.94. The van der Waals surface area contributed by atoms with E-state index in [0.29, 0.717) is 17.3 Å². The number of aromatic nitrogens is 2. The van der Waals surface area contributed by atoms with Gasteiger partial charge in [0.25, 0.3) is 0 Å². The summed E-state index contributed by atoms with van der Waals surface area (Å²) in [6, 6.07) is 7.41. The maximum absolute atomic E-state index is 10.6. The number of carbonyl (C=O) groups is 1. The minimum atomic E-state index is -1.03. The van der Waals surface area contributed by atoms with Crippen molar-refractivity contribution in [2.75, 3.05) is 0 Å².